The van der Waals surface area contributed by atoms with E-state index >= 15 is 0 Å². The van der Waals surface area contributed by atoms with Gasteiger partial charge in [-0.2, -0.15) is 5.10 Å². The molecule has 1 atom stereocenters. The van der Waals surface area contributed by atoms with Crippen LogP contribution in [0.3, 0.4) is 0 Å². The highest BCUT2D eigenvalue weighted by Crippen LogP contribution is 2.22. The van der Waals surface area contributed by atoms with Crippen molar-refractivity contribution in [1.82, 2.24) is 9.78 Å². The van der Waals surface area contributed by atoms with Gasteiger partial charge in [-0.3, -0.25) is 4.68 Å². The van der Waals surface area contributed by atoms with Crippen molar-refractivity contribution < 1.29 is 0 Å². The molecular weight excluding hydrogens is 218 g/mol. The summed E-state index contributed by atoms with van der Waals surface area (Å²) >= 11 is 1.77. The second kappa shape index (κ2) is 5.18. The summed E-state index contributed by atoms with van der Waals surface area (Å²) in [6, 6.07) is 12.3. The highest BCUT2D eigenvalue weighted by molar-refractivity contribution is 7.99. The Hall–Kier alpha value is -1.26. The third-order valence-electron chi connectivity index (χ3n) is 2.41. The SMILES string of the molecule is Cn1nccc1C(N)CSc1ccccc1. The molecule has 0 fully saturated rings. The lowest BCUT2D eigenvalue weighted by Gasteiger charge is -2.11. The van der Waals surface area contributed by atoms with Gasteiger partial charge in [-0.1, -0.05) is 18.2 Å². The second-order valence-electron chi connectivity index (χ2n) is 3.61. The molecule has 2 N–H and O–H groups in total. The quantitative estimate of drug-likeness (QED) is 0.823. The van der Waals surface area contributed by atoms with Crippen LogP contribution in [0.25, 0.3) is 0 Å². The van der Waals surface area contributed by atoms with Gasteiger partial charge in [0.1, 0.15) is 0 Å². The first-order valence-corrected chi connectivity index (χ1v) is 6.17. The molecule has 2 rings (SSSR count). The van der Waals surface area contributed by atoms with Crippen LogP contribution < -0.4 is 5.73 Å². The third kappa shape index (κ3) is 2.65. The number of hydrogen-bond donors (Lipinski definition) is 1. The van der Waals surface area contributed by atoms with E-state index in [2.05, 4.69) is 17.2 Å². The Kier molecular flexibility index (Phi) is 3.64. The molecule has 4 heteroatoms. The fourth-order valence-corrected chi connectivity index (χ4v) is 2.43. The fourth-order valence-electron chi connectivity index (χ4n) is 1.54. The molecule has 1 aromatic carbocycles. The molecule has 0 saturated carbocycles. The number of hydrogen-bond acceptors (Lipinski definition) is 3. The summed E-state index contributed by atoms with van der Waals surface area (Å²) in [6.07, 6.45) is 1.78. The number of thioether (sulfide) groups is 1. The first-order chi connectivity index (χ1) is 7.77. The maximum absolute atomic E-state index is 6.11. The van der Waals surface area contributed by atoms with Crippen LogP contribution in [0.2, 0.25) is 0 Å². The summed E-state index contributed by atoms with van der Waals surface area (Å²) in [5.74, 6) is 0.865. The van der Waals surface area contributed by atoms with Crippen molar-refractivity contribution in [2.24, 2.45) is 12.8 Å². The van der Waals surface area contributed by atoms with Gasteiger partial charge in [0.2, 0.25) is 0 Å². The average molecular weight is 233 g/mol. The van der Waals surface area contributed by atoms with Gasteiger partial charge in [-0.15, -0.1) is 11.8 Å². The lowest BCUT2D eigenvalue weighted by molar-refractivity contribution is 0.659. The van der Waals surface area contributed by atoms with Crippen LogP contribution in [0, 0.1) is 0 Å². The molecule has 0 aliphatic carbocycles. The van der Waals surface area contributed by atoms with Crippen molar-refractivity contribution in [2.45, 2.75) is 10.9 Å². The lowest BCUT2D eigenvalue weighted by atomic mass is 10.2. The number of aryl methyl sites for hydroxylation is 1. The predicted octanol–water partition coefficient (Wildman–Crippen LogP) is 2.21. The minimum absolute atomic E-state index is 0.0257. The Labute approximate surface area is 99.7 Å². The van der Waals surface area contributed by atoms with E-state index in [0.717, 1.165) is 11.4 Å². The maximum Gasteiger partial charge on any atom is 0.0562 e. The smallest absolute Gasteiger partial charge is 0.0562 e. The van der Waals surface area contributed by atoms with Crippen LogP contribution in [0.1, 0.15) is 11.7 Å². The molecule has 16 heavy (non-hydrogen) atoms. The molecule has 84 valence electrons. The lowest BCUT2D eigenvalue weighted by Crippen LogP contribution is -2.16. The standard InChI is InChI=1S/C12H15N3S/c1-15-12(7-8-14-15)11(13)9-16-10-5-3-2-4-6-10/h2-8,11H,9,13H2,1H3. The molecule has 0 radical (unpaired) electrons. The molecule has 0 aliphatic rings. The highest BCUT2D eigenvalue weighted by Gasteiger charge is 2.09. The first kappa shape index (κ1) is 11.2. The van der Waals surface area contributed by atoms with E-state index in [1.54, 1.807) is 18.0 Å². The number of rotatable bonds is 4. The van der Waals surface area contributed by atoms with Gasteiger partial charge in [0.25, 0.3) is 0 Å². The minimum atomic E-state index is 0.0257. The van der Waals surface area contributed by atoms with Crippen LogP contribution >= 0.6 is 11.8 Å². The van der Waals surface area contributed by atoms with Gasteiger partial charge >= 0.3 is 0 Å². The number of nitrogens with two attached hydrogens (primary N) is 1. The van der Waals surface area contributed by atoms with E-state index in [-0.39, 0.29) is 6.04 Å². The van der Waals surface area contributed by atoms with E-state index < -0.39 is 0 Å². The Bertz CT molecular complexity index is 439. The average Bonchev–Trinajstić information content (AvgIpc) is 2.74. The molecule has 2 aromatic rings. The second-order valence-corrected chi connectivity index (χ2v) is 4.70. The Balaban J connectivity index is 1.94. The molecule has 1 unspecified atom stereocenters. The van der Waals surface area contributed by atoms with Gasteiger partial charge in [0.15, 0.2) is 0 Å². The van der Waals surface area contributed by atoms with E-state index in [1.165, 1.54) is 4.90 Å². The third-order valence-corrected chi connectivity index (χ3v) is 3.54. The first-order valence-electron chi connectivity index (χ1n) is 5.18. The van der Waals surface area contributed by atoms with Crippen LogP contribution in [0.5, 0.6) is 0 Å². The van der Waals surface area contributed by atoms with Crippen LogP contribution in [-0.4, -0.2) is 15.5 Å². The molecule has 0 spiro atoms. The molecule has 1 heterocycles. The number of benzene rings is 1. The van der Waals surface area contributed by atoms with Crippen molar-refractivity contribution in [3.8, 4) is 0 Å². The molecule has 0 amide bonds. The highest BCUT2D eigenvalue weighted by atomic mass is 32.2. The Morgan fingerprint density at radius 3 is 2.69 bits per heavy atom. The van der Waals surface area contributed by atoms with Crippen molar-refractivity contribution in [2.75, 3.05) is 5.75 Å². The monoisotopic (exact) mass is 233 g/mol. The topological polar surface area (TPSA) is 43.8 Å². The van der Waals surface area contributed by atoms with Crippen molar-refractivity contribution in [3.63, 3.8) is 0 Å². The van der Waals surface area contributed by atoms with Crippen LogP contribution in [-0.2, 0) is 7.05 Å². The zero-order chi connectivity index (χ0) is 11.4. The minimum Gasteiger partial charge on any atom is -0.322 e. The van der Waals surface area contributed by atoms with E-state index in [0.29, 0.717) is 0 Å². The zero-order valence-corrected chi connectivity index (χ0v) is 10.0. The van der Waals surface area contributed by atoms with Crippen LogP contribution in [0.15, 0.2) is 47.5 Å². The Morgan fingerprint density at radius 1 is 1.31 bits per heavy atom. The molecule has 0 bridgehead atoms. The van der Waals surface area contributed by atoms with Crippen molar-refractivity contribution >= 4 is 11.8 Å². The number of nitrogens with zero attached hydrogens (tertiary/aromatic N) is 2. The predicted molar refractivity (Wildman–Crippen MR) is 67.3 cm³/mol. The molecule has 0 saturated heterocycles. The Morgan fingerprint density at radius 2 is 2.06 bits per heavy atom. The molecule has 3 nitrogen and oxygen atoms in total. The number of aromatic nitrogens is 2. The van der Waals surface area contributed by atoms with Crippen LogP contribution in [0.4, 0.5) is 0 Å². The molecule has 0 aliphatic heterocycles. The van der Waals surface area contributed by atoms with Crippen molar-refractivity contribution in [1.29, 1.82) is 0 Å². The largest absolute Gasteiger partial charge is 0.322 e. The maximum atomic E-state index is 6.11. The molecule has 1 aromatic heterocycles. The van der Waals surface area contributed by atoms with E-state index in [1.807, 2.05) is 36.0 Å². The summed E-state index contributed by atoms with van der Waals surface area (Å²) in [5, 5.41) is 4.12. The van der Waals surface area contributed by atoms with E-state index in [9.17, 15) is 0 Å². The van der Waals surface area contributed by atoms with Gasteiger partial charge in [-0.05, 0) is 18.2 Å². The zero-order valence-electron chi connectivity index (χ0n) is 9.21. The normalized spacial score (nSPS) is 12.6. The van der Waals surface area contributed by atoms with Gasteiger partial charge < -0.3 is 5.73 Å². The van der Waals surface area contributed by atoms with Gasteiger partial charge in [-0.25, -0.2) is 0 Å². The van der Waals surface area contributed by atoms with Gasteiger partial charge in [0, 0.05) is 23.9 Å². The van der Waals surface area contributed by atoms with Gasteiger partial charge in [0.05, 0.1) is 11.7 Å². The summed E-state index contributed by atoms with van der Waals surface area (Å²) in [6.45, 7) is 0. The molecular formula is C12H15N3S. The summed E-state index contributed by atoms with van der Waals surface area (Å²) in [5.41, 5.74) is 7.18. The summed E-state index contributed by atoms with van der Waals surface area (Å²) in [4.78, 5) is 1.25. The fraction of sp³-hybridized carbons (Fsp3) is 0.250. The van der Waals surface area contributed by atoms with Crippen molar-refractivity contribution in [3.05, 3.63) is 48.3 Å². The summed E-state index contributed by atoms with van der Waals surface area (Å²) in [7, 11) is 1.92. The van der Waals surface area contributed by atoms with E-state index in [4.69, 9.17) is 5.73 Å². The summed E-state index contributed by atoms with van der Waals surface area (Å²) < 4.78 is 1.83.